The van der Waals surface area contributed by atoms with E-state index in [1.165, 1.54) is 19.2 Å². The van der Waals surface area contributed by atoms with Gasteiger partial charge in [-0.1, -0.05) is 11.8 Å². The molecule has 0 spiro atoms. The minimum absolute atomic E-state index is 0.0844. The van der Waals surface area contributed by atoms with Gasteiger partial charge in [-0.15, -0.1) is 0 Å². The summed E-state index contributed by atoms with van der Waals surface area (Å²) >= 11 is 0. The summed E-state index contributed by atoms with van der Waals surface area (Å²) in [5, 5.41) is 5.05. The molecule has 0 aliphatic carbocycles. The minimum Gasteiger partial charge on any atom is -0.495 e. The first-order chi connectivity index (χ1) is 7.49. The maximum Gasteiger partial charge on any atom is 0.241 e. The Labute approximate surface area is 94.4 Å². The normalized spacial score (nSPS) is 10.4. The highest BCUT2D eigenvalue weighted by molar-refractivity contribution is 7.89. The van der Waals surface area contributed by atoms with E-state index in [2.05, 4.69) is 11.8 Å². The number of methoxy groups -OCH3 is 1. The molecular weight excluding hydrogens is 228 g/mol. The van der Waals surface area contributed by atoms with Gasteiger partial charge in [-0.05, 0) is 18.2 Å². The predicted octanol–water partition coefficient (Wildman–Crippen LogP) is -0.347. The molecule has 0 aromatic heterocycles. The number of hydrogen-bond acceptors (Lipinski definition) is 4. The average Bonchev–Trinajstić information content (AvgIpc) is 2.24. The van der Waals surface area contributed by atoms with Crippen LogP contribution in [0.15, 0.2) is 23.1 Å². The Morgan fingerprint density at radius 1 is 1.44 bits per heavy atom. The first-order valence-corrected chi connectivity index (χ1v) is 5.93. The summed E-state index contributed by atoms with van der Waals surface area (Å²) in [4.78, 5) is -0.0844. The highest BCUT2D eigenvalue weighted by Crippen LogP contribution is 2.23. The van der Waals surface area contributed by atoms with Crippen LogP contribution < -0.4 is 15.6 Å². The number of benzene rings is 1. The van der Waals surface area contributed by atoms with E-state index < -0.39 is 10.0 Å². The van der Waals surface area contributed by atoms with E-state index in [0.717, 1.165) is 0 Å². The summed E-state index contributed by atoms with van der Waals surface area (Å²) in [6.07, 6.45) is 0. The Bertz CT molecular complexity index is 541. The second-order valence-electron chi connectivity index (χ2n) is 2.92. The van der Waals surface area contributed by atoms with Crippen molar-refractivity contribution >= 4 is 10.0 Å². The van der Waals surface area contributed by atoms with Gasteiger partial charge in [-0.25, -0.2) is 13.6 Å². The molecule has 5 nitrogen and oxygen atoms in total. The summed E-state index contributed by atoms with van der Waals surface area (Å²) in [5.41, 5.74) is 5.74. The van der Waals surface area contributed by atoms with Crippen LogP contribution in [0.25, 0.3) is 0 Å². The van der Waals surface area contributed by atoms with Crippen LogP contribution in [-0.2, 0) is 10.0 Å². The monoisotopic (exact) mass is 240 g/mol. The molecule has 0 amide bonds. The fourth-order valence-electron chi connectivity index (χ4n) is 1.13. The van der Waals surface area contributed by atoms with Crippen molar-refractivity contribution in [3.8, 4) is 17.6 Å². The largest absolute Gasteiger partial charge is 0.495 e. The van der Waals surface area contributed by atoms with Crippen LogP contribution >= 0.6 is 0 Å². The molecule has 1 aromatic carbocycles. The molecule has 0 fully saturated rings. The van der Waals surface area contributed by atoms with Crippen molar-refractivity contribution < 1.29 is 13.2 Å². The van der Waals surface area contributed by atoms with E-state index >= 15 is 0 Å². The maximum atomic E-state index is 11.3. The average molecular weight is 240 g/mol. The summed E-state index contributed by atoms with van der Waals surface area (Å²) in [5.74, 6) is 5.53. The molecule has 0 bridgehead atoms. The highest BCUT2D eigenvalue weighted by atomic mass is 32.2. The minimum atomic E-state index is -3.82. The number of ether oxygens (including phenoxy) is 1. The van der Waals surface area contributed by atoms with Crippen molar-refractivity contribution in [3.63, 3.8) is 0 Å². The number of primary sulfonamides is 1. The van der Waals surface area contributed by atoms with Crippen LogP contribution in [0, 0.1) is 11.8 Å². The quantitative estimate of drug-likeness (QED) is 0.691. The second-order valence-corrected chi connectivity index (χ2v) is 4.45. The Hall–Kier alpha value is -1.55. The van der Waals surface area contributed by atoms with E-state index in [9.17, 15) is 8.42 Å². The van der Waals surface area contributed by atoms with Crippen LogP contribution in [-0.4, -0.2) is 22.1 Å². The number of nitrogens with two attached hydrogens (primary N) is 2. The first-order valence-electron chi connectivity index (χ1n) is 4.39. The third kappa shape index (κ3) is 2.97. The van der Waals surface area contributed by atoms with Gasteiger partial charge in [-0.2, -0.15) is 0 Å². The molecule has 0 heterocycles. The van der Waals surface area contributed by atoms with Gasteiger partial charge in [0.05, 0.1) is 13.7 Å². The lowest BCUT2D eigenvalue weighted by atomic mass is 10.2. The lowest BCUT2D eigenvalue weighted by Gasteiger charge is -2.06. The third-order valence-electron chi connectivity index (χ3n) is 1.80. The number of rotatable bonds is 2. The first kappa shape index (κ1) is 12.5. The van der Waals surface area contributed by atoms with E-state index in [-0.39, 0.29) is 17.2 Å². The van der Waals surface area contributed by atoms with Gasteiger partial charge >= 0.3 is 0 Å². The van der Waals surface area contributed by atoms with Crippen molar-refractivity contribution in [1.29, 1.82) is 0 Å². The SMILES string of the molecule is COc1ccc(C#CCN)cc1S(N)(=O)=O. The zero-order valence-corrected chi connectivity index (χ0v) is 9.54. The predicted molar refractivity (Wildman–Crippen MR) is 60.3 cm³/mol. The summed E-state index contributed by atoms with van der Waals surface area (Å²) in [6, 6.07) is 4.49. The Morgan fingerprint density at radius 2 is 2.12 bits per heavy atom. The lowest BCUT2D eigenvalue weighted by molar-refractivity contribution is 0.402. The summed E-state index contributed by atoms with van der Waals surface area (Å²) in [7, 11) is -2.45. The van der Waals surface area contributed by atoms with Gasteiger partial charge in [0, 0.05) is 5.56 Å². The fraction of sp³-hybridized carbons (Fsp3) is 0.200. The van der Waals surface area contributed by atoms with E-state index in [4.69, 9.17) is 15.6 Å². The smallest absolute Gasteiger partial charge is 0.241 e. The topological polar surface area (TPSA) is 95.4 Å². The molecule has 0 radical (unpaired) electrons. The molecular formula is C10H12N2O3S. The van der Waals surface area contributed by atoms with Crippen LogP contribution in [0.2, 0.25) is 0 Å². The van der Waals surface area contributed by atoms with Crippen LogP contribution in [0.3, 0.4) is 0 Å². The van der Waals surface area contributed by atoms with Gasteiger partial charge < -0.3 is 10.5 Å². The molecule has 1 rings (SSSR count). The lowest BCUT2D eigenvalue weighted by Crippen LogP contribution is -2.13. The highest BCUT2D eigenvalue weighted by Gasteiger charge is 2.14. The summed E-state index contributed by atoms with van der Waals surface area (Å²) < 4.78 is 27.4. The van der Waals surface area contributed by atoms with Crippen LogP contribution in [0.4, 0.5) is 0 Å². The van der Waals surface area contributed by atoms with Gasteiger partial charge in [0.25, 0.3) is 0 Å². The van der Waals surface area contributed by atoms with Crippen molar-refractivity contribution in [2.45, 2.75) is 4.90 Å². The molecule has 86 valence electrons. The molecule has 0 aliphatic heterocycles. The molecule has 0 unspecified atom stereocenters. The molecule has 0 atom stereocenters. The fourth-order valence-corrected chi connectivity index (χ4v) is 1.85. The van der Waals surface area contributed by atoms with Crippen molar-refractivity contribution in [2.75, 3.05) is 13.7 Å². The molecule has 0 aliphatic rings. The van der Waals surface area contributed by atoms with E-state index in [1.54, 1.807) is 6.07 Å². The van der Waals surface area contributed by atoms with Crippen molar-refractivity contribution in [3.05, 3.63) is 23.8 Å². The van der Waals surface area contributed by atoms with Crippen molar-refractivity contribution in [2.24, 2.45) is 10.9 Å². The molecule has 16 heavy (non-hydrogen) atoms. The Morgan fingerprint density at radius 3 is 2.62 bits per heavy atom. The van der Waals surface area contributed by atoms with Gasteiger partial charge in [0.1, 0.15) is 10.6 Å². The molecule has 0 saturated heterocycles. The Kier molecular flexibility index (Phi) is 3.90. The van der Waals surface area contributed by atoms with Crippen LogP contribution in [0.1, 0.15) is 5.56 Å². The second kappa shape index (κ2) is 4.99. The maximum absolute atomic E-state index is 11.3. The molecule has 0 saturated carbocycles. The Balaban J connectivity index is 3.33. The summed E-state index contributed by atoms with van der Waals surface area (Å²) in [6.45, 7) is 0.205. The zero-order chi connectivity index (χ0) is 12.2. The molecule has 4 N–H and O–H groups in total. The van der Waals surface area contributed by atoms with Gasteiger partial charge in [-0.3, -0.25) is 0 Å². The number of hydrogen-bond donors (Lipinski definition) is 2. The van der Waals surface area contributed by atoms with E-state index in [0.29, 0.717) is 5.56 Å². The molecule has 6 heteroatoms. The van der Waals surface area contributed by atoms with Gasteiger partial charge in [0.15, 0.2) is 0 Å². The zero-order valence-electron chi connectivity index (χ0n) is 8.73. The standard InChI is InChI=1S/C10H12N2O3S/c1-15-9-5-4-8(3-2-6-11)7-10(9)16(12,13)14/h4-5,7H,6,11H2,1H3,(H2,12,13,14). The number of sulfonamides is 1. The van der Waals surface area contributed by atoms with Crippen molar-refractivity contribution in [1.82, 2.24) is 0 Å². The third-order valence-corrected chi connectivity index (χ3v) is 2.74. The van der Waals surface area contributed by atoms with Gasteiger partial charge in [0.2, 0.25) is 10.0 Å². The van der Waals surface area contributed by atoms with E-state index in [1.807, 2.05) is 0 Å². The van der Waals surface area contributed by atoms with Crippen LogP contribution in [0.5, 0.6) is 5.75 Å². The molecule has 1 aromatic rings.